The third-order valence-corrected chi connectivity index (χ3v) is 4.14. The minimum atomic E-state index is -0.378. The molecule has 0 aliphatic heterocycles. The van der Waals surface area contributed by atoms with Gasteiger partial charge in [0.05, 0.1) is 17.2 Å². The van der Waals surface area contributed by atoms with Gasteiger partial charge in [-0.3, -0.25) is 14.2 Å². The van der Waals surface area contributed by atoms with Gasteiger partial charge in [-0.05, 0) is 43.2 Å². The van der Waals surface area contributed by atoms with Crippen molar-refractivity contribution in [2.75, 3.05) is 5.32 Å². The summed E-state index contributed by atoms with van der Waals surface area (Å²) in [4.78, 5) is 28.5. The molecule has 134 valence electrons. The lowest BCUT2D eigenvalue weighted by Gasteiger charge is -2.07. The van der Waals surface area contributed by atoms with Gasteiger partial charge in [-0.2, -0.15) is 0 Å². The number of aromatic nitrogens is 2. The maximum atomic E-state index is 13.1. The molecule has 0 aliphatic carbocycles. The Labute approximate surface area is 150 Å². The number of rotatable bonds is 7. The maximum absolute atomic E-state index is 13.1. The fraction of sp³-hybridized carbons (Fsp3) is 0.250. The normalized spacial score (nSPS) is 10.8. The number of amides is 1. The molecule has 2 aromatic carbocycles. The number of fused-ring (bicyclic) bond motifs is 1. The van der Waals surface area contributed by atoms with Crippen molar-refractivity contribution < 1.29 is 9.18 Å². The number of hydrogen-bond donors (Lipinski definition) is 1. The second-order valence-corrected chi connectivity index (χ2v) is 6.13. The molecular formula is C20H20FN3O2. The molecule has 3 rings (SSSR count). The first-order valence-electron chi connectivity index (χ1n) is 8.63. The van der Waals surface area contributed by atoms with Crippen LogP contribution in [-0.2, 0) is 11.3 Å². The minimum absolute atomic E-state index is 0.0422. The van der Waals surface area contributed by atoms with E-state index in [0.717, 1.165) is 12.8 Å². The Hall–Kier alpha value is -3.02. The number of aryl methyl sites for hydroxylation is 1. The van der Waals surface area contributed by atoms with E-state index in [0.29, 0.717) is 36.0 Å². The van der Waals surface area contributed by atoms with E-state index in [1.807, 2.05) is 18.2 Å². The Kier molecular flexibility index (Phi) is 5.73. The van der Waals surface area contributed by atoms with Crippen molar-refractivity contribution in [3.63, 3.8) is 0 Å². The highest BCUT2D eigenvalue weighted by molar-refractivity contribution is 5.90. The number of unbranched alkanes of at least 4 members (excludes halogenated alkanes) is 2. The van der Waals surface area contributed by atoms with Crippen molar-refractivity contribution >= 4 is 22.5 Å². The Balaban J connectivity index is 1.44. The van der Waals surface area contributed by atoms with Crippen LogP contribution in [0.2, 0.25) is 0 Å². The Morgan fingerprint density at radius 3 is 2.77 bits per heavy atom. The summed E-state index contributed by atoms with van der Waals surface area (Å²) in [7, 11) is 0. The van der Waals surface area contributed by atoms with E-state index in [-0.39, 0.29) is 17.3 Å². The number of hydrogen-bond acceptors (Lipinski definition) is 3. The summed E-state index contributed by atoms with van der Waals surface area (Å²) in [6.07, 6.45) is 4.24. The van der Waals surface area contributed by atoms with Crippen LogP contribution in [0.5, 0.6) is 0 Å². The summed E-state index contributed by atoms with van der Waals surface area (Å²) in [6.45, 7) is 0.572. The number of carbonyl (C=O) groups excluding carboxylic acids is 1. The molecule has 1 aromatic heterocycles. The summed E-state index contributed by atoms with van der Waals surface area (Å²) in [5.41, 5.74) is 1.12. The van der Waals surface area contributed by atoms with Crippen LogP contribution >= 0.6 is 0 Å². The van der Waals surface area contributed by atoms with E-state index in [1.165, 1.54) is 12.1 Å². The summed E-state index contributed by atoms with van der Waals surface area (Å²) in [5.74, 6) is -0.516. The number of halogens is 1. The molecule has 0 unspecified atom stereocenters. The predicted molar refractivity (Wildman–Crippen MR) is 99.5 cm³/mol. The standard InChI is InChI=1S/C20H20FN3O2/c21-15-7-6-8-16(13-15)23-19(25)11-2-1-5-12-24-14-22-18-10-4-3-9-17(18)20(24)26/h3-4,6-10,13-14H,1-2,5,11-12H2,(H,23,25). The highest BCUT2D eigenvalue weighted by Gasteiger charge is 2.05. The molecule has 0 spiro atoms. The van der Waals surface area contributed by atoms with Gasteiger partial charge in [0.1, 0.15) is 5.82 Å². The first kappa shape index (κ1) is 17.8. The SMILES string of the molecule is O=C(CCCCCn1cnc2ccccc2c1=O)Nc1cccc(F)c1. The van der Waals surface area contributed by atoms with Crippen LogP contribution in [0.1, 0.15) is 25.7 Å². The zero-order chi connectivity index (χ0) is 18.4. The lowest BCUT2D eigenvalue weighted by Crippen LogP contribution is -2.20. The smallest absolute Gasteiger partial charge is 0.261 e. The van der Waals surface area contributed by atoms with E-state index in [2.05, 4.69) is 10.3 Å². The van der Waals surface area contributed by atoms with Crippen molar-refractivity contribution in [2.24, 2.45) is 0 Å². The van der Waals surface area contributed by atoms with Crippen molar-refractivity contribution in [2.45, 2.75) is 32.2 Å². The average molecular weight is 353 g/mol. The second kappa shape index (κ2) is 8.38. The number of nitrogens with one attached hydrogen (secondary N) is 1. The molecule has 0 saturated carbocycles. The molecule has 0 aliphatic rings. The van der Waals surface area contributed by atoms with Gasteiger partial charge < -0.3 is 5.32 Å². The number of carbonyl (C=O) groups is 1. The fourth-order valence-electron chi connectivity index (χ4n) is 2.80. The molecule has 1 heterocycles. The van der Waals surface area contributed by atoms with Crippen molar-refractivity contribution in [3.05, 3.63) is 71.0 Å². The van der Waals surface area contributed by atoms with Gasteiger partial charge in [0.25, 0.3) is 5.56 Å². The van der Waals surface area contributed by atoms with Gasteiger partial charge in [-0.25, -0.2) is 9.37 Å². The summed E-state index contributed by atoms with van der Waals surface area (Å²) in [5, 5.41) is 3.29. The molecule has 5 nitrogen and oxygen atoms in total. The van der Waals surface area contributed by atoms with Crippen LogP contribution in [0.25, 0.3) is 10.9 Å². The Bertz CT molecular complexity index is 968. The van der Waals surface area contributed by atoms with Crippen molar-refractivity contribution in [1.82, 2.24) is 9.55 Å². The van der Waals surface area contributed by atoms with Gasteiger partial charge in [-0.1, -0.05) is 24.6 Å². The van der Waals surface area contributed by atoms with E-state index in [4.69, 9.17) is 0 Å². The third kappa shape index (κ3) is 4.53. The predicted octanol–water partition coefficient (Wildman–Crippen LogP) is 3.73. The van der Waals surface area contributed by atoms with Crippen LogP contribution in [0.15, 0.2) is 59.7 Å². The zero-order valence-electron chi connectivity index (χ0n) is 14.3. The number of benzene rings is 2. The summed E-state index contributed by atoms with van der Waals surface area (Å²) < 4.78 is 14.7. The Morgan fingerprint density at radius 2 is 1.92 bits per heavy atom. The molecule has 1 amide bonds. The highest BCUT2D eigenvalue weighted by Crippen LogP contribution is 2.11. The molecule has 3 aromatic rings. The maximum Gasteiger partial charge on any atom is 0.261 e. The van der Waals surface area contributed by atoms with Crippen LogP contribution in [0.4, 0.5) is 10.1 Å². The van der Waals surface area contributed by atoms with Gasteiger partial charge in [0.2, 0.25) is 5.91 Å². The van der Waals surface area contributed by atoms with Gasteiger partial charge >= 0.3 is 0 Å². The quantitative estimate of drug-likeness (QED) is 0.658. The van der Waals surface area contributed by atoms with E-state index in [1.54, 1.807) is 29.1 Å². The topological polar surface area (TPSA) is 64.0 Å². The van der Waals surface area contributed by atoms with Gasteiger partial charge in [0.15, 0.2) is 0 Å². The third-order valence-electron chi connectivity index (χ3n) is 4.14. The van der Waals surface area contributed by atoms with Crippen LogP contribution in [0, 0.1) is 5.82 Å². The summed E-state index contributed by atoms with van der Waals surface area (Å²) in [6, 6.07) is 13.1. The molecule has 0 saturated heterocycles. The molecular weight excluding hydrogens is 333 g/mol. The fourth-order valence-corrected chi connectivity index (χ4v) is 2.80. The van der Waals surface area contributed by atoms with Crippen molar-refractivity contribution in [1.29, 1.82) is 0 Å². The van der Waals surface area contributed by atoms with Crippen LogP contribution in [-0.4, -0.2) is 15.5 Å². The molecule has 6 heteroatoms. The molecule has 1 N–H and O–H groups in total. The second-order valence-electron chi connectivity index (χ2n) is 6.13. The molecule has 0 fully saturated rings. The first-order chi connectivity index (χ1) is 12.6. The van der Waals surface area contributed by atoms with Crippen LogP contribution < -0.4 is 10.9 Å². The highest BCUT2D eigenvalue weighted by atomic mass is 19.1. The number of para-hydroxylation sites is 1. The first-order valence-corrected chi connectivity index (χ1v) is 8.63. The molecule has 0 atom stereocenters. The zero-order valence-corrected chi connectivity index (χ0v) is 14.3. The van der Waals surface area contributed by atoms with Crippen molar-refractivity contribution in [3.8, 4) is 0 Å². The molecule has 0 bridgehead atoms. The number of anilines is 1. The van der Waals surface area contributed by atoms with E-state index in [9.17, 15) is 14.0 Å². The summed E-state index contributed by atoms with van der Waals surface area (Å²) >= 11 is 0. The number of nitrogens with zero attached hydrogens (tertiary/aromatic N) is 2. The Morgan fingerprint density at radius 1 is 1.08 bits per heavy atom. The molecule has 26 heavy (non-hydrogen) atoms. The molecule has 0 radical (unpaired) electrons. The van der Waals surface area contributed by atoms with E-state index < -0.39 is 0 Å². The van der Waals surface area contributed by atoms with E-state index >= 15 is 0 Å². The minimum Gasteiger partial charge on any atom is -0.326 e. The van der Waals surface area contributed by atoms with Gasteiger partial charge in [0, 0.05) is 18.7 Å². The lowest BCUT2D eigenvalue weighted by molar-refractivity contribution is -0.116. The largest absolute Gasteiger partial charge is 0.326 e. The lowest BCUT2D eigenvalue weighted by atomic mass is 10.2. The van der Waals surface area contributed by atoms with Gasteiger partial charge in [-0.15, -0.1) is 0 Å². The average Bonchev–Trinajstić information content (AvgIpc) is 2.63. The monoisotopic (exact) mass is 353 g/mol. The van der Waals surface area contributed by atoms with Crippen LogP contribution in [0.3, 0.4) is 0 Å².